The number of hydrogen-bond donors (Lipinski definition) is 2. The van der Waals surface area contributed by atoms with E-state index in [0.717, 1.165) is 5.56 Å². The van der Waals surface area contributed by atoms with Gasteiger partial charge in [0.05, 0.1) is 6.61 Å². The third-order valence-electron chi connectivity index (χ3n) is 4.75. The van der Waals surface area contributed by atoms with Crippen LogP contribution in [0.5, 0.6) is 5.75 Å². The molecule has 2 heterocycles. The lowest BCUT2D eigenvalue weighted by Crippen LogP contribution is -2.64. The zero-order valence-electron chi connectivity index (χ0n) is 13.6. The summed E-state index contributed by atoms with van der Waals surface area (Å²) in [5, 5.41) is 8.88. The van der Waals surface area contributed by atoms with E-state index in [-0.39, 0.29) is 18.4 Å². The number of thioether (sulfide) groups is 1. The van der Waals surface area contributed by atoms with Crippen LogP contribution in [-0.4, -0.2) is 52.2 Å². The van der Waals surface area contributed by atoms with Crippen molar-refractivity contribution >= 4 is 23.6 Å². The molecule has 1 aromatic carbocycles. The number of nitrogens with two attached hydrogens (primary N) is 1. The number of nitrogens with zero attached hydrogens (tertiary/aromatic N) is 1. The number of fused-ring (bicyclic) bond motifs is 4. The van der Waals surface area contributed by atoms with Crippen LogP contribution in [0.25, 0.3) is 0 Å². The summed E-state index contributed by atoms with van der Waals surface area (Å²) >= 11 is 1.56. The van der Waals surface area contributed by atoms with Crippen molar-refractivity contribution in [2.45, 2.75) is 25.0 Å². The number of para-hydroxylation sites is 1. The van der Waals surface area contributed by atoms with Gasteiger partial charge in [0.2, 0.25) is 11.8 Å². The van der Waals surface area contributed by atoms with Crippen LogP contribution in [0.2, 0.25) is 0 Å². The standard InChI is InChI=1S/C17H22N2O4S/c1-17-10-12(11-4-2-3-5-13(11)23-17)14(15(18)21)16(22)19(17)6-8-24-9-7-20/h2-5,12,14,20H,6-10H2,1H3,(H2,18,21). The fourth-order valence-electron chi connectivity index (χ4n) is 3.70. The van der Waals surface area contributed by atoms with E-state index in [1.165, 1.54) is 0 Å². The van der Waals surface area contributed by atoms with Crippen LogP contribution < -0.4 is 10.5 Å². The number of piperidine rings is 1. The molecule has 2 bridgehead atoms. The molecule has 0 saturated carbocycles. The van der Waals surface area contributed by atoms with Gasteiger partial charge in [0.15, 0.2) is 5.72 Å². The summed E-state index contributed by atoms with van der Waals surface area (Å²) in [5.41, 5.74) is 5.67. The summed E-state index contributed by atoms with van der Waals surface area (Å²) in [6.07, 6.45) is 0.550. The predicted molar refractivity (Wildman–Crippen MR) is 91.6 cm³/mol. The zero-order valence-corrected chi connectivity index (χ0v) is 14.4. The highest BCUT2D eigenvalue weighted by atomic mass is 32.2. The highest BCUT2D eigenvalue weighted by Gasteiger charge is 2.55. The maximum atomic E-state index is 12.9. The van der Waals surface area contributed by atoms with E-state index in [2.05, 4.69) is 0 Å². The third-order valence-corrected chi connectivity index (χ3v) is 5.70. The van der Waals surface area contributed by atoms with Crippen LogP contribution >= 0.6 is 11.8 Å². The Kier molecular flexibility index (Phi) is 4.73. The molecule has 3 unspecified atom stereocenters. The molecule has 3 N–H and O–H groups in total. The molecule has 24 heavy (non-hydrogen) atoms. The molecule has 1 saturated heterocycles. The van der Waals surface area contributed by atoms with Crippen molar-refractivity contribution in [3.05, 3.63) is 29.8 Å². The summed E-state index contributed by atoms with van der Waals surface area (Å²) < 4.78 is 6.15. The summed E-state index contributed by atoms with van der Waals surface area (Å²) in [6, 6.07) is 7.53. The number of likely N-dealkylation sites (tertiary alicyclic amines) is 1. The Hall–Kier alpha value is -1.73. The topological polar surface area (TPSA) is 92.9 Å². The molecule has 1 aromatic rings. The maximum Gasteiger partial charge on any atom is 0.238 e. The first-order valence-corrected chi connectivity index (χ1v) is 9.21. The first kappa shape index (κ1) is 17.1. The number of amides is 2. The average molecular weight is 350 g/mol. The monoisotopic (exact) mass is 350 g/mol. The quantitative estimate of drug-likeness (QED) is 0.588. The Morgan fingerprint density at radius 2 is 2.21 bits per heavy atom. The number of ether oxygens (including phenoxy) is 1. The molecule has 6 nitrogen and oxygen atoms in total. The molecular formula is C17H22N2O4S. The normalized spacial score (nSPS) is 28.2. The van der Waals surface area contributed by atoms with Crippen molar-refractivity contribution < 1.29 is 19.4 Å². The van der Waals surface area contributed by atoms with Gasteiger partial charge in [0, 0.05) is 30.4 Å². The van der Waals surface area contributed by atoms with Gasteiger partial charge in [-0.3, -0.25) is 9.59 Å². The molecule has 2 amide bonds. The number of aliphatic hydroxyl groups is 1. The molecule has 2 aliphatic heterocycles. The molecule has 2 aliphatic rings. The van der Waals surface area contributed by atoms with Crippen molar-refractivity contribution in [1.29, 1.82) is 0 Å². The summed E-state index contributed by atoms with van der Waals surface area (Å²) in [7, 11) is 0. The molecule has 1 fully saturated rings. The molecule has 0 aromatic heterocycles. The minimum Gasteiger partial charge on any atom is -0.468 e. The predicted octanol–water partition coefficient (Wildman–Crippen LogP) is 0.938. The largest absolute Gasteiger partial charge is 0.468 e. The SMILES string of the molecule is CC12CC(c3ccccc3O1)C(C(N)=O)C(=O)N2CCSCCO. The second kappa shape index (κ2) is 6.64. The van der Waals surface area contributed by atoms with Gasteiger partial charge < -0.3 is 20.5 Å². The lowest BCUT2D eigenvalue weighted by atomic mass is 9.73. The van der Waals surface area contributed by atoms with Crippen molar-refractivity contribution in [1.82, 2.24) is 4.90 Å². The molecule has 0 aliphatic carbocycles. The minimum absolute atomic E-state index is 0.103. The van der Waals surface area contributed by atoms with Crippen LogP contribution in [-0.2, 0) is 9.59 Å². The lowest BCUT2D eigenvalue weighted by Gasteiger charge is -2.52. The van der Waals surface area contributed by atoms with Crippen LogP contribution in [0.1, 0.15) is 24.8 Å². The highest BCUT2D eigenvalue weighted by Crippen LogP contribution is 2.49. The van der Waals surface area contributed by atoms with Gasteiger partial charge >= 0.3 is 0 Å². The average Bonchev–Trinajstić information content (AvgIpc) is 2.53. The molecule has 3 atom stereocenters. The maximum absolute atomic E-state index is 12.9. The Balaban J connectivity index is 1.93. The third kappa shape index (κ3) is 2.86. The number of rotatable bonds is 6. The Bertz CT molecular complexity index is 653. The fraction of sp³-hybridized carbons (Fsp3) is 0.529. The summed E-state index contributed by atoms with van der Waals surface area (Å²) in [4.78, 5) is 26.6. The Morgan fingerprint density at radius 1 is 1.46 bits per heavy atom. The van der Waals surface area contributed by atoms with Crippen molar-refractivity contribution in [2.24, 2.45) is 11.7 Å². The van der Waals surface area contributed by atoms with E-state index in [0.29, 0.717) is 30.2 Å². The molecule has 3 rings (SSSR count). The Morgan fingerprint density at radius 3 is 2.92 bits per heavy atom. The van der Waals surface area contributed by atoms with Gasteiger partial charge in [0.1, 0.15) is 11.7 Å². The van der Waals surface area contributed by atoms with Crippen LogP contribution in [0.3, 0.4) is 0 Å². The minimum atomic E-state index is -0.856. The second-order valence-corrected chi connectivity index (χ2v) is 7.56. The number of benzene rings is 1. The van der Waals surface area contributed by atoms with Gasteiger partial charge in [-0.15, -0.1) is 0 Å². The van der Waals surface area contributed by atoms with E-state index in [4.69, 9.17) is 15.6 Å². The Labute approximate surface area is 145 Å². The van der Waals surface area contributed by atoms with Crippen molar-refractivity contribution in [3.8, 4) is 5.75 Å². The summed E-state index contributed by atoms with van der Waals surface area (Å²) in [6.45, 7) is 2.45. The van der Waals surface area contributed by atoms with Gasteiger partial charge in [-0.25, -0.2) is 0 Å². The number of hydrogen-bond acceptors (Lipinski definition) is 5. The van der Waals surface area contributed by atoms with Crippen molar-refractivity contribution in [3.63, 3.8) is 0 Å². The second-order valence-electron chi connectivity index (χ2n) is 6.33. The van der Waals surface area contributed by atoms with Crippen LogP contribution in [0.15, 0.2) is 24.3 Å². The number of carbonyl (C=O) groups is 2. The number of aliphatic hydroxyl groups excluding tert-OH is 1. The number of primary amides is 1. The van der Waals surface area contributed by atoms with Gasteiger partial charge in [0.25, 0.3) is 0 Å². The highest BCUT2D eigenvalue weighted by molar-refractivity contribution is 7.99. The van der Waals surface area contributed by atoms with Crippen LogP contribution in [0, 0.1) is 5.92 Å². The van der Waals surface area contributed by atoms with Gasteiger partial charge in [-0.2, -0.15) is 11.8 Å². The van der Waals surface area contributed by atoms with Crippen molar-refractivity contribution in [2.75, 3.05) is 24.7 Å². The van der Waals surface area contributed by atoms with E-state index in [1.54, 1.807) is 16.7 Å². The van der Waals surface area contributed by atoms with Crippen LogP contribution in [0.4, 0.5) is 0 Å². The molecule has 7 heteroatoms. The smallest absolute Gasteiger partial charge is 0.238 e. The summed E-state index contributed by atoms with van der Waals surface area (Å²) in [5.74, 6) is 0.0465. The molecule has 0 radical (unpaired) electrons. The fourth-order valence-corrected chi connectivity index (χ4v) is 4.35. The first-order valence-electron chi connectivity index (χ1n) is 8.05. The lowest BCUT2D eigenvalue weighted by molar-refractivity contribution is -0.174. The van der Waals surface area contributed by atoms with Gasteiger partial charge in [-0.05, 0) is 18.6 Å². The van der Waals surface area contributed by atoms with E-state index < -0.39 is 17.6 Å². The first-order chi connectivity index (χ1) is 11.5. The van der Waals surface area contributed by atoms with E-state index in [1.807, 2.05) is 31.2 Å². The molecular weight excluding hydrogens is 328 g/mol. The van der Waals surface area contributed by atoms with Gasteiger partial charge in [-0.1, -0.05) is 18.2 Å². The zero-order chi connectivity index (χ0) is 17.3. The molecule has 130 valence electrons. The van der Waals surface area contributed by atoms with E-state index >= 15 is 0 Å². The van der Waals surface area contributed by atoms with E-state index in [9.17, 15) is 9.59 Å². The number of carbonyl (C=O) groups excluding carboxylic acids is 2. The molecule has 0 spiro atoms.